The summed E-state index contributed by atoms with van der Waals surface area (Å²) in [6, 6.07) is 9.29. The van der Waals surface area contributed by atoms with E-state index in [-0.39, 0.29) is 11.6 Å². The number of pyridine rings is 1. The maximum atomic E-state index is 12.9. The number of nitrogens with one attached hydrogen (secondary N) is 2. The molecule has 8 heteroatoms. The van der Waals surface area contributed by atoms with E-state index in [1.807, 2.05) is 30.5 Å². The Morgan fingerprint density at radius 3 is 3.03 bits per heavy atom. The molecule has 0 saturated carbocycles. The van der Waals surface area contributed by atoms with Crippen molar-refractivity contribution in [3.63, 3.8) is 0 Å². The van der Waals surface area contributed by atoms with Gasteiger partial charge < -0.3 is 19.7 Å². The molecule has 30 heavy (non-hydrogen) atoms. The van der Waals surface area contributed by atoms with Gasteiger partial charge in [0.05, 0.1) is 17.7 Å². The van der Waals surface area contributed by atoms with E-state index in [4.69, 9.17) is 9.83 Å². The molecule has 0 radical (unpaired) electrons. The third-order valence-corrected chi connectivity index (χ3v) is 5.67. The van der Waals surface area contributed by atoms with Crippen LogP contribution in [0.4, 0.5) is 5.69 Å². The van der Waals surface area contributed by atoms with Crippen molar-refractivity contribution in [1.82, 2.24) is 9.88 Å². The second-order valence-electron chi connectivity index (χ2n) is 7.29. The predicted octanol–water partition coefficient (Wildman–Crippen LogP) is 3.57. The van der Waals surface area contributed by atoms with Crippen LogP contribution in [0.1, 0.15) is 34.5 Å². The molecule has 1 saturated heterocycles. The minimum absolute atomic E-state index is 0.201. The van der Waals surface area contributed by atoms with E-state index < -0.39 is 6.10 Å². The number of likely N-dealkylation sites (tertiary alicyclic amines) is 1. The topological polar surface area (TPSA) is 102 Å². The quantitative estimate of drug-likeness (QED) is 0.413. The normalized spacial score (nSPS) is 16.6. The third-order valence-electron chi connectivity index (χ3n) is 5.23. The summed E-state index contributed by atoms with van der Waals surface area (Å²) >= 11 is 1.61. The van der Waals surface area contributed by atoms with Gasteiger partial charge in [0, 0.05) is 41.5 Å². The van der Waals surface area contributed by atoms with Crippen LogP contribution < -0.4 is 5.32 Å². The number of aromatic nitrogens is 1. The number of hydrogen-bond donors (Lipinski definition) is 3. The fourth-order valence-electron chi connectivity index (χ4n) is 3.69. The van der Waals surface area contributed by atoms with E-state index in [0.29, 0.717) is 47.9 Å². The molecule has 0 bridgehead atoms. The van der Waals surface area contributed by atoms with Gasteiger partial charge in [0.2, 0.25) is 0 Å². The maximum absolute atomic E-state index is 12.9. The summed E-state index contributed by atoms with van der Waals surface area (Å²) in [5.74, 6) is 0.430. The lowest BCUT2D eigenvalue weighted by molar-refractivity contribution is 0.0469. The molecule has 1 aliphatic rings. The Labute approximate surface area is 179 Å². The highest BCUT2D eigenvalue weighted by Gasteiger charge is 2.25. The van der Waals surface area contributed by atoms with E-state index in [1.165, 1.54) is 0 Å². The lowest BCUT2D eigenvalue weighted by Gasteiger charge is -2.30. The molecular weight excluding hydrogens is 400 g/mol. The molecule has 0 aliphatic carbocycles. The smallest absolute Gasteiger partial charge is 0.272 e. The standard InChI is InChI=1S/C22H24N4O3S/c1-30-13-25-18-9-19(22(28)26-8-4-5-14(27)11-26)24-10-16(18)21(23)17-12-29-20-7-3-2-6-15(17)20/h2-3,6-7,9-10,12,14,23,27H,4-5,8,11,13H2,1H3,(H,24,25). The number of carbonyl (C=O) groups excluding carboxylic acids is 1. The number of carbonyl (C=O) groups is 1. The van der Waals surface area contributed by atoms with Gasteiger partial charge >= 0.3 is 0 Å². The van der Waals surface area contributed by atoms with Gasteiger partial charge in [-0.3, -0.25) is 15.2 Å². The van der Waals surface area contributed by atoms with Crippen molar-refractivity contribution in [3.8, 4) is 0 Å². The number of piperidine rings is 1. The Balaban J connectivity index is 1.67. The fraction of sp³-hybridized carbons (Fsp3) is 0.318. The first-order valence-electron chi connectivity index (χ1n) is 9.84. The number of β-amino-alcohol motifs (C(OH)–C–C–N with tert-alkyl or cyclic N) is 1. The molecule has 1 amide bonds. The average molecular weight is 425 g/mol. The Bertz CT molecular complexity index is 1080. The average Bonchev–Trinajstić information content (AvgIpc) is 3.20. The van der Waals surface area contributed by atoms with Gasteiger partial charge in [0.15, 0.2) is 0 Å². The zero-order chi connectivity index (χ0) is 21.1. The predicted molar refractivity (Wildman–Crippen MR) is 120 cm³/mol. The molecule has 4 rings (SSSR count). The molecule has 1 unspecified atom stereocenters. The molecule has 1 atom stereocenters. The molecule has 3 N–H and O–H groups in total. The number of para-hydroxylation sites is 1. The first kappa shape index (κ1) is 20.4. The molecule has 3 heterocycles. The van der Waals surface area contributed by atoms with Crippen molar-refractivity contribution < 1.29 is 14.3 Å². The number of nitrogens with zero attached hydrogens (tertiary/aromatic N) is 2. The van der Waals surface area contributed by atoms with Crippen molar-refractivity contribution >= 4 is 40.0 Å². The van der Waals surface area contributed by atoms with Crippen LogP contribution >= 0.6 is 11.8 Å². The summed E-state index contributed by atoms with van der Waals surface area (Å²) in [6.45, 7) is 0.941. The van der Waals surface area contributed by atoms with Crippen LogP contribution in [-0.2, 0) is 0 Å². The molecule has 7 nitrogen and oxygen atoms in total. The molecular formula is C22H24N4O3S. The second kappa shape index (κ2) is 8.89. The van der Waals surface area contributed by atoms with Gasteiger partial charge in [-0.15, -0.1) is 11.8 Å². The minimum Gasteiger partial charge on any atom is -0.464 e. The van der Waals surface area contributed by atoms with Gasteiger partial charge in [0.1, 0.15) is 17.5 Å². The van der Waals surface area contributed by atoms with Crippen LogP contribution in [0.2, 0.25) is 0 Å². The van der Waals surface area contributed by atoms with Crippen molar-refractivity contribution in [2.75, 3.05) is 30.5 Å². The minimum atomic E-state index is -0.487. The highest BCUT2D eigenvalue weighted by Crippen LogP contribution is 2.27. The van der Waals surface area contributed by atoms with Crippen molar-refractivity contribution in [2.45, 2.75) is 18.9 Å². The second-order valence-corrected chi connectivity index (χ2v) is 8.16. The highest BCUT2D eigenvalue weighted by molar-refractivity contribution is 7.98. The summed E-state index contributed by atoms with van der Waals surface area (Å²) < 4.78 is 5.59. The first-order valence-corrected chi connectivity index (χ1v) is 11.2. The zero-order valence-electron chi connectivity index (χ0n) is 16.7. The fourth-order valence-corrected chi connectivity index (χ4v) is 3.99. The number of benzene rings is 1. The molecule has 1 aromatic carbocycles. The summed E-state index contributed by atoms with van der Waals surface area (Å²) in [4.78, 5) is 18.9. The number of aliphatic hydroxyl groups is 1. The number of anilines is 1. The number of hydrogen-bond acceptors (Lipinski definition) is 7. The van der Waals surface area contributed by atoms with Gasteiger partial charge in [-0.2, -0.15) is 0 Å². The Hall–Kier alpha value is -2.84. The van der Waals surface area contributed by atoms with E-state index in [0.717, 1.165) is 17.4 Å². The maximum Gasteiger partial charge on any atom is 0.272 e. The van der Waals surface area contributed by atoms with Gasteiger partial charge in [0.25, 0.3) is 5.91 Å². The largest absolute Gasteiger partial charge is 0.464 e. The molecule has 156 valence electrons. The number of thioether (sulfide) groups is 1. The lowest BCUT2D eigenvalue weighted by atomic mass is 10.0. The van der Waals surface area contributed by atoms with Crippen LogP contribution in [0.5, 0.6) is 0 Å². The van der Waals surface area contributed by atoms with E-state index >= 15 is 0 Å². The number of fused-ring (bicyclic) bond motifs is 1. The van der Waals surface area contributed by atoms with E-state index in [2.05, 4.69) is 10.3 Å². The Kier molecular flexibility index (Phi) is 6.06. The summed E-state index contributed by atoms with van der Waals surface area (Å²) in [5, 5.41) is 22.8. The van der Waals surface area contributed by atoms with Crippen LogP contribution in [0.15, 0.2) is 47.2 Å². The Morgan fingerprint density at radius 1 is 1.40 bits per heavy atom. The number of amides is 1. The lowest BCUT2D eigenvalue weighted by Crippen LogP contribution is -2.42. The van der Waals surface area contributed by atoms with Crippen LogP contribution in [0, 0.1) is 5.41 Å². The van der Waals surface area contributed by atoms with Crippen LogP contribution in [0.25, 0.3) is 11.0 Å². The molecule has 3 aromatic rings. The van der Waals surface area contributed by atoms with Gasteiger partial charge in [-0.25, -0.2) is 0 Å². The highest BCUT2D eigenvalue weighted by atomic mass is 32.2. The molecule has 1 fully saturated rings. The van der Waals surface area contributed by atoms with Crippen molar-refractivity contribution in [2.24, 2.45) is 0 Å². The number of furan rings is 1. The van der Waals surface area contributed by atoms with Gasteiger partial charge in [-0.1, -0.05) is 18.2 Å². The summed E-state index contributed by atoms with van der Waals surface area (Å²) in [7, 11) is 0. The third kappa shape index (κ3) is 4.06. The SMILES string of the molecule is CSCNc1cc(C(=O)N2CCCC(O)C2)ncc1C(=N)c1coc2ccccc12. The monoisotopic (exact) mass is 424 g/mol. The molecule has 1 aliphatic heterocycles. The summed E-state index contributed by atoms with van der Waals surface area (Å²) in [5.41, 5.74) is 3.27. The van der Waals surface area contributed by atoms with Gasteiger partial charge in [-0.05, 0) is 31.2 Å². The van der Waals surface area contributed by atoms with E-state index in [1.54, 1.807) is 35.2 Å². The van der Waals surface area contributed by atoms with Crippen LogP contribution in [-0.4, -0.2) is 57.9 Å². The summed E-state index contributed by atoms with van der Waals surface area (Å²) in [6.07, 6.45) is 6.13. The zero-order valence-corrected chi connectivity index (χ0v) is 17.5. The van der Waals surface area contributed by atoms with Crippen molar-refractivity contribution in [3.05, 3.63) is 59.6 Å². The molecule has 2 aromatic heterocycles. The Morgan fingerprint density at radius 2 is 2.23 bits per heavy atom. The first-order chi connectivity index (χ1) is 14.6. The van der Waals surface area contributed by atoms with Crippen LogP contribution in [0.3, 0.4) is 0 Å². The van der Waals surface area contributed by atoms with E-state index in [9.17, 15) is 9.90 Å². The number of aliphatic hydroxyl groups excluding tert-OH is 1. The van der Waals surface area contributed by atoms with Crippen molar-refractivity contribution in [1.29, 1.82) is 5.41 Å². The number of rotatable bonds is 6. The molecule has 0 spiro atoms.